The first-order valence-corrected chi connectivity index (χ1v) is 11.4. The average Bonchev–Trinajstić information content (AvgIpc) is 3.18. The van der Waals surface area contributed by atoms with E-state index >= 15 is 0 Å². The molecule has 0 radical (unpaired) electrons. The number of rotatable bonds is 6. The van der Waals surface area contributed by atoms with E-state index in [4.69, 9.17) is 4.74 Å². The van der Waals surface area contributed by atoms with Crippen LogP contribution in [0.2, 0.25) is 0 Å². The first-order chi connectivity index (χ1) is 14.9. The molecule has 0 saturated carbocycles. The summed E-state index contributed by atoms with van der Waals surface area (Å²) in [6.07, 6.45) is 8.77. The molecule has 162 valence electrons. The van der Waals surface area contributed by atoms with Crippen LogP contribution < -0.4 is 10.1 Å². The fourth-order valence-electron chi connectivity index (χ4n) is 3.45. The lowest BCUT2D eigenvalue weighted by Gasteiger charge is -2.25. The van der Waals surface area contributed by atoms with Crippen LogP contribution in [0.3, 0.4) is 0 Å². The minimum atomic E-state index is -3.61. The molecule has 1 aliphatic rings. The van der Waals surface area contributed by atoms with Crippen LogP contribution in [0, 0.1) is 0 Å². The lowest BCUT2D eigenvalue weighted by molar-refractivity contribution is 0.101. The molecule has 0 atom stereocenters. The van der Waals surface area contributed by atoms with Gasteiger partial charge in [0.1, 0.15) is 16.3 Å². The summed E-state index contributed by atoms with van der Waals surface area (Å²) in [6, 6.07) is 8.25. The number of carbonyl (C=O) groups is 1. The third-order valence-corrected chi connectivity index (χ3v) is 6.88. The van der Waals surface area contributed by atoms with Crippen molar-refractivity contribution in [1.82, 2.24) is 18.8 Å². The number of carbonyl (C=O) groups excluding carboxylic acids is 1. The Morgan fingerprint density at radius 3 is 2.68 bits per heavy atom. The van der Waals surface area contributed by atoms with Crippen LogP contribution >= 0.6 is 0 Å². The van der Waals surface area contributed by atoms with Gasteiger partial charge in [-0.2, -0.15) is 4.31 Å². The zero-order valence-electron chi connectivity index (χ0n) is 17.1. The summed E-state index contributed by atoms with van der Waals surface area (Å²) in [4.78, 5) is 20.9. The molecule has 0 bridgehead atoms. The summed E-state index contributed by atoms with van der Waals surface area (Å²) >= 11 is 0. The van der Waals surface area contributed by atoms with Crippen molar-refractivity contribution in [3.63, 3.8) is 0 Å². The number of nitrogens with one attached hydrogen (secondary N) is 1. The lowest BCUT2D eigenvalue weighted by Crippen LogP contribution is -2.35. The highest BCUT2D eigenvalue weighted by Crippen LogP contribution is 2.25. The molecule has 10 heteroatoms. The summed E-state index contributed by atoms with van der Waals surface area (Å²) < 4.78 is 34.4. The van der Waals surface area contributed by atoms with Crippen molar-refractivity contribution in [2.75, 3.05) is 18.4 Å². The van der Waals surface area contributed by atoms with Crippen LogP contribution in [-0.2, 0) is 17.1 Å². The van der Waals surface area contributed by atoms with Crippen LogP contribution in [-0.4, -0.2) is 46.3 Å². The number of ether oxygens (including phenoxy) is 1. The third kappa shape index (κ3) is 4.75. The number of hydrogen-bond donors (Lipinski definition) is 1. The maximum Gasteiger partial charge on any atom is 0.272 e. The molecule has 4 rings (SSSR count). The second-order valence-electron chi connectivity index (χ2n) is 7.26. The Balaban J connectivity index is 1.50. The van der Waals surface area contributed by atoms with Crippen molar-refractivity contribution in [3.8, 4) is 11.6 Å². The van der Waals surface area contributed by atoms with Gasteiger partial charge in [0.2, 0.25) is 15.9 Å². The second kappa shape index (κ2) is 8.86. The topological polar surface area (TPSA) is 106 Å². The number of nitrogens with zero attached hydrogens (tertiary/aromatic N) is 4. The van der Waals surface area contributed by atoms with Crippen molar-refractivity contribution in [1.29, 1.82) is 0 Å². The van der Waals surface area contributed by atoms with Gasteiger partial charge in [0, 0.05) is 50.5 Å². The van der Waals surface area contributed by atoms with Gasteiger partial charge in [0.25, 0.3) is 5.91 Å². The molecule has 2 aromatic heterocycles. The second-order valence-corrected chi connectivity index (χ2v) is 9.20. The normalized spacial score (nSPS) is 14.9. The number of benzene rings is 1. The molecule has 1 aliphatic heterocycles. The highest BCUT2D eigenvalue weighted by atomic mass is 32.2. The predicted octanol–water partition coefficient (Wildman–Crippen LogP) is 3.03. The largest absolute Gasteiger partial charge is 0.437 e. The number of aromatic nitrogens is 3. The Hall–Kier alpha value is -3.24. The van der Waals surface area contributed by atoms with Crippen LogP contribution in [0.1, 0.15) is 29.8 Å². The smallest absolute Gasteiger partial charge is 0.272 e. The van der Waals surface area contributed by atoms with Crippen LogP contribution in [0.15, 0.2) is 60.0 Å². The molecule has 0 unspecified atom stereocenters. The zero-order chi connectivity index (χ0) is 21.8. The Kier molecular flexibility index (Phi) is 6.01. The first kappa shape index (κ1) is 21.0. The van der Waals surface area contributed by atoms with E-state index in [1.54, 1.807) is 37.5 Å². The Morgan fingerprint density at radius 2 is 1.94 bits per heavy atom. The maximum atomic E-state index is 12.9. The monoisotopic (exact) mass is 441 g/mol. The van der Waals surface area contributed by atoms with Gasteiger partial charge in [-0.1, -0.05) is 12.5 Å². The van der Waals surface area contributed by atoms with Crippen LogP contribution in [0.25, 0.3) is 0 Å². The van der Waals surface area contributed by atoms with Gasteiger partial charge in [0.15, 0.2) is 0 Å². The van der Waals surface area contributed by atoms with Crippen molar-refractivity contribution >= 4 is 21.6 Å². The fourth-order valence-corrected chi connectivity index (χ4v) is 5.04. The van der Waals surface area contributed by atoms with Gasteiger partial charge in [-0.15, -0.1) is 0 Å². The predicted molar refractivity (Wildman–Crippen MR) is 115 cm³/mol. The van der Waals surface area contributed by atoms with Crippen molar-refractivity contribution in [2.45, 2.75) is 24.2 Å². The van der Waals surface area contributed by atoms with Gasteiger partial charge in [-0.05, 0) is 31.0 Å². The minimum absolute atomic E-state index is 0.127. The molecule has 1 aromatic carbocycles. The summed E-state index contributed by atoms with van der Waals surface area (Å²) in [5.74, 6) is 0.402. The molecule has 1 saturated heterocycles. The van der Waals surface area contributed by atoms with Crippen LogP contribution in [0.4, 0.5) is 5.69 Å². The summed E-state index contributed by atoms with van der Waals surface area (Å²) in [5.41, 5.74) is 0.754. The number of sulfonamides is 1. The van der Waals surface area contributed by atoms with E-state index < -0.39 is 15.9 Å². The Morgan fingerprint density at radius 1 is 1.13 bits per heavy atom. The average molecular weight is 442 g/mol. The highest BCUT2D eigenvalue weighted by Gasteiger charge is 2.28. The quantitative estimate of drug-likeness (QED) is 0.630. The van der Waals surface area contributed by atoms with Crippen molar-refractivity contribution in [3.05, 3.63) is 60.8 Å². The van der Waals surface area contributed by atoms with E-state index in [2.05, 4.69) is 15.3 Å². The number of piperidine rings is 1. The highest BCUT2D eigenvalue weighted by molar-refractivity contribution is 7.89. The van der Waals surface area contributed by atoms with E-state index in [9.17, 15) is 13.2 Å². The van der Waals surface area contributed by atoms with Crippen molar-refractivity contribution < 1.29 is 17.9 Å². The minimum Gasteiger partial charge on any atom is -0.437 e. The van der Waals surface area contributed by atoms with E-state index in [1.165, 1.54) is 33.5 Å². The number of hydrogen-bond acceptors (Lipinski definition) is 6. The van der Waals surface area contributed by atoms with Crippen molar-refractivity contribution in [2.24, 2.45) is 7.05 Å². The molecule has 1 N–H and O–H groups in total. The molecular weight excluding hydrogens is 418 g/mol. The number of anilines is 1. The molecule has 9 nitrogen and oxygen atoms in total. The molecule has 0 aliphatic carbocycles. The number of aryl methyl sites for hydroxylation is 1. The SMILES string of the molecule is Cn1cc(S(=O)(=O)N2CCCCC2)cc1C(=O)Nc1cccc(Oc2cnccn2)c1. The van der Waals surface area contributed by atoms with E-state index in [1.807, 2.05) is 0 Å². The maximum absolute atomic E-state index is 12.9. The standard InChI is InChI=1S/C21H23N5O4S/c1-25-15-18(31(28,29)26-10-3-2-4-11-26)13-19(25)21(27)24-16-6-5-7-17(12-16)30-20-14-22-8-9-23-20/h5-9,12-15H,2-4,10-11H2,1H3,(H,24,27). The van der Waals surface area contributed by atoms with Gasteiger partial charge in [0.05, 0.1) is 6.20 Å². The molecule has 3 heterocycles. The third-order valence-electron chi connectivity index (χ3n) is 5.02. The molecular formula is C21H23N5O4S. The van der Waals surface area contributed by atoms with Gasteiger partial charge in [-0.3, -0.25) is 9.78 Å². The summed E-state index contributed by atoms with van der Waals surface area (Å²) in [7, 11) is -1.96. The molecule has 3 aromatic rings. The summed E-state index contributed by atoms with van der Waals surface area (Å²) in [5, 5.41) is 2.79. The van der Waals surface area contributed by atoms with Gasteiger partial charge < -0.3 is 14.6 Å². The number of amides is 1. The van der Waals surface area contributed by atoms with E-state index in [0.29, 0.717) is 30.4 Å². The Labute approximate surface area is 180 Å². The summed E-state index contributed by atoms with van der Waals surface area (Å²) in [6.45, 7) is 1.02. The molecule has 1 amide bonds. The van der Waals surface area contributed by atoms with E-state index in [-0.39, 0.29) is 10.6 Å². The van der Waals surface area contributed by atoms with E-state index in [0.717, 1.165) is 19.3 Å². The Bertz CT molecular complexity index is 1170. The van der Waals surface area contributed by atoms with Gasteiger partial charge >= 0.3 is 0 Å². The van der Waals surface area contributed by atoms with Crippen LogP contribution in [0.5, 0.6) is 11.6 Å². The molecule has 31 heavy (non-hydrogen) atoms. The molecule has 1 fully saturated rings. The fraction of sp³-hybridized carbons (Fsp3) is 0.286. The lowest BCUT2D eigenvalue weighted by atomic mass is 10.2. The zero-order valence-corrected chi connectivity index (χ0v) is 17.9. The first-order valence-electron chi connectivity index (χ1n) is 9.95. The van der Waals surface area contributed by atoms with Gasteiger partial charge in [-0.25, -0.2) is 13.4 Å². The molecule has 0 spiro atoms.